The third-order valence-corrected chi connectivity index (χ3v) is 1.62. The van der Waals surface area contributed by atoms with Gasteiger partial charge in [0.05, 0.1) is 0 Å². The first-order chi connectivity index (χ1) is 6.70. The zero-order valence-electron chi connectivity index (χ0n) is 7.57. The zero-order valence-corrected chi connectivity index (χ0v) is 7.57. The number of carbonyl (C=O) groups excluding carboxylic acids is 2. The second-order valence-electron chi connectivity index (χ2n) is 2.69. The number of hydrogen-bond acceptors (Lipinski definition) is 2. The van der Waals surface area contributed by atoms with E-state index in [1.54, 1.807) is 6.42 Å². The first kappa shape index (κ1) is 10.2. The average molecular weight is 191 g/mol. The molecule has 0 saturated heterocycles. The van der Waals surface area contributed by atoms with Crippen molar-refractivity contribution in [2.75, 3.05) is 6.54 Å². The molecule has 14 heavy (non-hydrogen) atoms. The van der Waals surface area contributed by atoms with Gasteiger partial charge in [0.25, 0.3) is 0 Å². The Kier molecular flexibility index (Phi) is 3.67. The maximum atomic E-state index is 10.7. The van der Waals surface area contributed by atoms with Gasteiger partial charge in [-0.3, -0.25) is 9.59 Å². The van der Waals surface area contributed by atoms with Crippen molar-refractivity contribution >= 4 is 11.8 Å². The highest BCUT2D eigenvalue weighted by atomic mass is 16.2. The fourth-order valence-corrected chi connectivity index (χ4v) is 0.938. The van der Waals surface area contributed by atoms with Crippen LogP contribution in [0, 0.1) is 6.42 Å². The van der Waals surface area contributed by atoms with Crippen LogP contribution in [0.2, 0.25) is 0 Å². The first-order valence-corrected chi connectivity index (χ1v) is 4.16. The van der Waals surface area contributed by atoms with Gasteiger partial charge in [-0.05, 0) is 5.56 Å². The lowest BCUT2D eigenvalue weighted by Crippen LogP contribution is -2.36. The standard InChI is InChI=1S/C10H11N2O2/c11-9(13)10(14)12-7-6-8-4-2-1-3-5-8/h1-6H,7H2,(H2,11,13)(H,12,14). The van der Waals surface area contributed by atoms with Gasteiger partial charge in [-0.25, -0.2) is 0 Å². The molecule has 0 unspecified atom stereocenters. The lowest BCUT2D eigenvalue weighted by molar-refractivity contribution is -0.137. The number of nitrogens with one attached hydrogen (secondary N) is 1. The van der Waals surface area contributed by atoms with Gasteiger partial charge in [-0.15, -0.1) is 0 Å². The van der Waals surface area contributed by atoms with Crippen LogP contribution in [0.1, 0.15) is 5.56 Å². The van der Waals surface area contributed by atoms with Crippen LogP contribution in [0.15, 0.2) is 30.3 Å². The van der Waals surface area contributed by atoms with Crippen molar-refractivity contribution in [3.63, 3.8) is 0 Å². The Labute approximate surface area is 82.1 Å². The lowest BCUT2D eigenvalue weighted by atomic mass is 10.1. The predicted molar refractivity (Wildman–Crippen MR) is 52.0 cm³/mol. The maximum Gasteiger partial charge on any atom is 0.309 e. The van der Waals surface area contributed by atoms with Crippen molar-refractivity contribution in [3.05, 3.63) is 42.3 Å². The Morgan fingerprint density at radius 2 is 1.93 bits per heavy atom. The van der Waals surface area contributed by atoms with Crippen LogP contribution in [-0.2, 0) is 9.59 Å². The van der Waals surface area contributed by atoms with Crippen LogP contribution in [-0.4, -0.2) is 18.4 Å². The van der Waals surface area contributed by atoms with E-state index in [4.69, 9.17) is 5.73 Å². The zero-order chi connectivity index (χ0) is 10.4. The average Bonchev–Trinajstić information content (AvgIpc) is 2.19. The van der Waals surface area contributed by atoms with Crippen molar-refractivity contribution in [2.45, 2.75) is 0 Å². The second kappa shape index (κ2) is 5.01. The summed E-state index contributed by atoms with van der Waals surface area (Å²) in [5.41, 5.74) is 5.73. The molecule has 4 heteroatoms. The van der Waals surface area contributed by atoms with Gasteiger partial charge in [0.15, 0.2) is 0 Å². The summed E-state index contributed by atoms with van der Waals surface area (Å²) in [6, 6.07) is 9.48. The van der Waals surface area contributed by atoms with Crippen molar-refractivity contribution in [3.8, 4) is 0 Å². The topological polar surface area (TPSA) is 72.2 Å². The number of benzene rings is 1. The molecule has 1 rings (SSSR count). The highest BCUT2D eigenvalue weighted by molar-refractivity contribution is 6.34. The van der Waals surface area contributed by atoms with Gasteiger partial charge in [0.1, 0.15) is 0 Å². The quantitative estimate of drug-likeness (QED) is 0.651. The normalized spacial score (nSPS) is 9.43. The van der Waals surface area contributed by atoms with Gasteiger partial charge < -0.3 is 11.1 Å². The van der Waals surface area contributed by atoms with Crippen molar-refractivity contribution in [1.29, 1.82) is 0 Å². The fraction of sp³-hybridized carbons (Fsp3) is 0.100. The monoisotopic (exact) mass is 191 g/mol. The molecule has 4 nitrogen and oxygen atoms in total. The van der Waals surface area contributed by atoms with E-state index in [0.29, 0.717) is 6.54 Å². The van der Waals surface area contributed by atoms with Crippen LogP contribution in [0.3, 0.4) is 0 Å². The summed E-state index contributed by atoms with van der Waals surface area (Å²) in [4.78, 5) is 21.1. The van der Waals surface area contributed by atoms with Gasteiger partial charge in [0.2, 0.25) is 0 Å². The molecule has 0 bridgehead atoms. The maximum absolute atomic E-state index is 10.7. The van der Waals surface area contributed by atoms with E-state index in [1.165, 1.54) is 0 Å². The van der Waals surface area contributed by atoms with E-state index in [9.17, 15) is 9.59 Å². The highest BCUT2D eigenvalue weighted by Gasteiger charge is 2.06. The molecule has 1 radical (unpaired) electrons. The largest absolute Gasteiger partial charge is 0.361 e. The van der Waals surface area contributed by atoms with Crippen molar-refractivity contribution in [1.82, 2.24) is 5.32 Å². The molecule has 0 fully saturated rings. The molecule has 2 amide bonds. The molecule has 0 aliphatic heterocycles. The van der Waals surface area contributed by atoms with Crippen LogP contribution in [0.5, 0.6) is 0 Å². The van der Waals surface area contributed by atoms with Gasteiger partial charge >= 0.3 is 11.8 Å². The fourth-order valence-electron chi connectivity index (χ4n) is 0.938. The van der Waals surface area contributed by atoms with Crippen molar-refractivity contribution < 1.29 is 9.59 Å². The summed E-state index contributed by atoms with van der Waals surface area (Å²) >= 11 is 0. The molecule has 1 aromatic rings. The molecule has 0 spiro atoms. The molecular formula is C10H11N2O2. The van der Waals surface area contributed by atoms with E-state index in [1.807, 2.05) is 30.3 Å². The van der Waals surface area contributed by atoms with Gasteiger partial charge in [-0.1, -0.05) is 30.3 Å². The van der Waals surface area contributed by atoms with Crippen LogP contribution in [0.25, 0.3) is 0 Å². The molecule has 0 aromatic heterocycles. The van der Waals surface area contributed by atoms with Crippen LogP contribution < -0.4 is 11.1 Å². The SMILES string of the molecule is NC(=O)C(=O)NC[CH]c1ccccc1. The number of hydrogen-bond donors (Lipinski definition) is 2. The Morgan fingerprint density at radius 1 is 1.29 bits per heavy atom. The molecule has 0 aliphatic rings. The second-order valence-corrected chi connectivity index (χ2v) is 2.69. The molecule has 0 atom stereocenters. The van der Waals surface area contributed by atoms with Gasteiger partial charge in [-0.2, -0.15) is 0 Å². The summed E-state index contributed by atoms with van der Waals surface area (Å²) in [6.45, 7) is 0.297. The third kappa shape index (κ3) is 3.26. The number of primary amides is 1. The minimum atomic E-state index is -0.966. The lowest BCUT2D eigenvalue weighted by Gasteiger charge is -2.01. The Bertz CT molecular complexity index is 322. The summed E-state index contributed by atoms with van der Waals surface area (Å²) in [7, 11) is 0. The third-order valence-electron chi connectivity index (χ3n) is 1.62. The number of rotatable bonds is 3. The number of nitrogens with two attached hydrogens (primary N) is 1. The Balaban J connectivity index is 2.29. The van der Waals surface area contributed by atoms with Crippen LogP contribution in [0.4, 0.5) is 0 Å². The molecule has 0 heterocycles. The summed E-state index contributed by atoms with van der Waals surface area (Å²) in [6.07, 6.45) is 1.79. The van der Waals surface area contributed by atoms with E-state index in [-0.39, 0.29) is 0 Å². The Hall–Kier alpha value is -1.84. The Morgan fingerprint density at radius 3 is 2.50 bits per heavy atom. The number of carbonyl (C=O) groups is 2. The van der Waals surface area contributed by atoms with Gasteiger partial charge in [0, 0.05) is 13.0 Å². The molecule has 0 aliphatic carbocycles. The minimum absolute atomic E-state index is 0.297. The smallest absolute Gasteiger partial charge is 0.309 e. The van der Waals surface area contributed by atoms with Crippen molar-refractivity contribution in [2.24, 2.45) is 5.73 Å². The molecule has 3 N–H and O–H groups in total. The summed E-state index contributed by atoms with van der Waals surface area (Å²) < 4.78 is 0. The minimum Gasteiger partial charge on any atom is -0.361 e. The molecule has 73 valence electrons. The predicted octanol–water partition coefficient (Wildman–Crippen LogP) is -0.160. The summed E-state index contributed by atoms with van der Waals surface area (Å²) in [5.74, 6) is -1.73. The van der Waals surface area contributed by atoms with E-state index in [0.717, 1.165) is 5.56 Å². The van der Waals surface area contributed by atoms with E-state index >= 15 is 0 Å². The molecule has 0 saturated carbocycles. The molecule has 1 aromatic carbocycles. The van der Waals surface area contributed by atoms with Crippen LogP contribution >= 0.6 is 0 Å². The molecular weight excluding hydrogens is 180 g/mol. The van der Waals surface area contributed by atoms with E-state index < -0.39 is 11.8 Å². The summed E-state index contributed by atoms with van der Waals surface area (Å²) in [5, 5.41) is 2.36. The first-order valence-electron chi connectivity index (χ1n) is 4.16. The highest BCUT2D eigenvalue weighted by Crippen LogP contribution is 1.99. The van der Waals surface area contributed by atoms with E-state index in [2.05, 4.69) is 5.32 Å². The number of amides is 2.